The summed E-state index contributed by atoms with van der Waals surface area (Å²) in [7, 11) is 1.60. The van der Waals surface area contributed by atoms with Crippen LogP contribution in [-0.2, 0) is 0 Å². The maximum atomic E-state index is 12.3. The summed E-state index contributed by atoms with van der Waals surface area (Å²) in [6.07, 6.45) is 1.45. The van der Waals surface area contributed by atoms with E-state index in [2.05, 4.69) is 10.3 Å². The lowest BCUT2D eigenvalue weighted by Crippen LogP contribution is -2.25. The summed E-state index contributed by atoms with van der Waals surface area (Å²) < 4.78 is 5.19. The van der Waals surface area contributed by atoms with E-state index in [-0.39, 0.29) is 12.5 Å². The number of benzene rings is 1. The van der Waals surface area contributed by atoms with Crippen LogP contribution in [0.5, 0.6) is 5.75 Å². The fourth-order valence-electron chi connectivity index (χ4n) is 2.19. The van der Waals surface area contributed by atoms with Crippen molar-refractivity contribution in [1.29, 1.82) is 0 Å². The van der Waals surface area contributed by atoms with E-state index >= 15 is 0 Å². The maximum Gasteiger partial charge on any atom is 0.252 e. The smallest absolute Gasteiger partial charge is 0.252 e. The highest BCUT2D eigenvalue weighted by Gasteiger charge is 2.12. The molecule has 0 fully saturated rings. The third kappa shape index (κ3) is 3.70. The first-order valence-electron chi connectivity index (χ1n) is 7.00. The van der Waals surface area contributed by atoms with Crippen molar-refractivity contribution in [2.75, 3.05) is 20.3 Å². The summed E-state index contributed by atoms with van der Waals surface area (Å²) in [6.45, 7) is 2.56. The summed E-state index contributed by atoms with van der Waals surface area (Å²) in [6, 6.07) is 7.28. The van der Waals surface area contributed by atoms with Crippen molar-refractivity contribution in [1.82, 2.24) is 10.3 Å². The second-order valence-corrected chi connectivity index (χ2v) is 4.88. The minimum atomic E-state index is -0.117. The standard InChI is InChI=1S/C16H20N2O3/c1-11-9-14(16(20)17-7-3-4-8-19)13-6-5-12(21-2)10-15(13)18-11/h5-6,9-10,19H,3-4,7-8H2,1-2H3,(H,17,20). The van der Waals surface area contributed by atoms with Gasteiger partial charge in [-0.3, -0.25) is 9.78 Å². The number of aromatic nitrogens is 1. The first-order valence-corrected chi connectivity index (χ1v) is 7.00. The molecular weight excluding hydrogens is 268 g/mol. The Balaban J connectivity index is 2.28. The molecule has 0 saturated carbocycles. The molecule has 0 aliphatic rings. The van der Waals surface area contributed by atoms with Gasteiger partial charge in [0.2, 0.25) is 0 Å². The molecule has 0 unspecified atom stereocenters. The van der Waals surface area contributed by atoms with Gasteiger partial charge in [0, 0.05) is 30.3 Å². The van der Waals surface area contributed by atoms with Crippen molar-refractivity contribution >= 4 is 16.8 Å². The molecule has 0 radical (unpaired) electrons. The highest BCUT2D eigenvalue weighted by molar-refractivity contribution is 6.06. The van der Waals surface area contributed by atoms with Crippen LogP contribution in [0.3, 0.4) is 0 Å². The van der Waals surface area contributed by atoms with E-state index in [0.717, 1.165) is 28.8 Å². The molecule has 0 aliphatic heterocycles. The molecule has 0 atom stereocenters. The van der Waals surface area contributed by atoms with Crippen LogP contribution in [0.1, 0.15) is 28.9 Å². The van der Waals surface area contributed by atoms with Crippen LogP contribution in [-0.4, -0.2) is 36.3 Å². The number of unbranched alkanes of at least 4 members (excludes halogenated alkanes) is 1. The summed E-state index contributed by atoms with van der Waals surface area (Å²) in [5.74, 6) is 0.600. The average molecular weight is 288 g/mol. The number of fused-ring (bicyclic) bond motifs is 1. The number of hydrogen-bond acceptors (Lipinski definition) is 4. The zero-order chi connectivity index (χ0) is 15.2. The van der Waals surface area contributed by atoms with E-state index in [9.17, 15) is 4.79 Å². The van der Waals surface area contributed by atoms with E-state index in [4.69, 9.17) is 9.84 Å². The number of carbonyl (C=O) groups is 1. The van der Waals surface area contributed by atoms with Gasteiger partial charge >= 0.3 is 0 Å². The Labute approximate surface area is 124 Å². The first-order chi connectivity index (χ1) is 10.2. The number of carbonyl (C=O) groups excluding carboxylic acids is 1. The second kappa shape index (κ2) is 7.04. The number of ether oxygens (including phenoxy) is 1. The minimum Gasteiger partial charge on any atom is -0.497 e. The first kappa shape index (κ1) is 15.3. The molecule has 2 aromatic rings. The number of amides is 1. The monoisotopic (exact) mass is 288 g/mol. The minimum absolute atomic E-state index is 0.117. The SMILES string of the molecule is COc1ccc2c(C(=O)NCCCCO)cc(C)nc2c1. The predicted molar refractivity (Wildman–Crippen MR) is 81.7 cm³/mol. The molecule has 2 N–H and O–H groups in total. The van der Waals surface area contributed by atoms with Crippen molar-refractivity contribution in [2.45, 2.75) is 19.8 Å². The molecule has 0 saturated heterocycles. The van der Waals surface area contributed by atoms with Crippen LogP contribution < -0.4 is 10.1 Å². The molecule has 1 aromatic heterocycles. The van der Waals surface area contributed by atoms with E-state index in [0.29, 0.717) is 18.5 Å². The molecule has 2 rings (SSSR count). The zero-order valence-electron chi connectivity index (χ0n) is 12.3. The topological polar surface area (TPSA) is 71.5 Å². The van der Waals surface area contributed by atoms with Crippen molar-refractivity contribution in [2.24, 2.45) is 0 Å². The van der Waals surface area contributed by atoms with Gasteiger partial charge in [-0.25, -0.2) is 0 Å². The van der Waals surface area contributed by atoms with Crippen LogP contribution in [0, 0.1) is 6.92 Å². The van der Waals surface area contributed by atoms with Crippen molar-refractivity contribution in [3.8, 4) is 5.75 Å². The van der Waals surface area contributed by atoms with Gasteiger partial charge in [-0.1, -0.05) is 0 Å². The van der Waals surface area contributed by atoms with E-state index in [1.807, 2.05) is 25.1 Å². The van der Waals surface area contributed by atoms with Crippen LogP contribution in [0.4, 0.5) is 0 Å². The number of nitrogens with one attached hydrogen (secondary N) is 1. The van der Waals surface area contributed by atoms with Gasteiger partial charge in [0.05, 0.1) is 18.2 Å². The molecule has 5 nitrogen and oxygen atoms in total. The Morgan fingerprint density at radius 2 is 2.14 bits per heavy atom. The van der Waals surface area contributed by atoms with E-state index in [1.165, 1.54) is 0 Å². The predicted octanol–water partition coefficient (Wildman–Crippen LogP) is 2.05. The van der Waals surface area contributed by atoms with E-state index in [1.54, 1.807) is 13.2 Å². The molecule has 1 amide bonds. The number of nitrogens with zero attached hydrogens (tertiary/aromatic N) is 1. The number of aliphatic hydroxyl groups is 1. The van der Waals surface area contributed by atoms with E-state index < -0.39 is 0 Å². The molecule has 0 bridgehead atoms. The largest absolute Gasteiger partial charge is 0.497 e. The van der Waals surface area contributed by atoms with Gasteiger partial charge < -0.3 is 15.2 Å². The molecular formula is C16H20N2O3. The Kier molecular flexibility index (Phi) is 5.11. The zero-order valence-corrected chi connectivity index (χ0v) is 12.3. The molecule has 1 aromatic carbocycles. The highest BCUT2D eigenvalue weighted by Crippen LogP contribution is 2.23. The molecule has 5 heteroatoms. The molecule has 21 heavy (non-hydrogen) atoms. The van der Waals surface area contributed by atoms with Gasteiger partial charge in [-0.15, -0.1) is 0 Å². The van der Waals surface area contributed by atoms with Gasteiger partial charge in [-0.2, -0.15) is 0 Å². The Hall–Kier alpha value is -2.14. The lowest BCUT2D eigenvalue weighted by Gasteiger charge is -2.10. The summed E-state index contributed by atoms with van der Waals surface area (Å²) in [4.78, 5) is 16.7. The van der Waals surface area contributed by atoms with Crippen molar-refractivity contribution in [3.63, 3.8) is 0 Å². The lowest BCUT2D eigenvalue weighted by molar-refractivity contribution is 0.0953. The van der Waals surface area contributed by atoms with Crippen LogP contribution in [0.25, 0.3) is 10.9 Å². The van der Waals surface area contributed by atoms with Crippen molar-refractivity contribution in [3.05, 3.63) is 35.5 Å². The number of hydrogen-bond donors (Lipinski definition) is 2. The highest BCUT2D eigenvalue weighted by atomic mass is 16.5. The van der Waals surface area contributed by atoms with Crippen LogP contribution >= 0.6 is 0 Å². The quantitative estimate of drug-likeness (QED) is 0.798. The lowest BCUT2D eigenvalue weighted by atomic mass is 10.1. The van der Waals surface area contributed by atoms with Crippen molar-refractivity contribution < 1.29 is 14.6 Å². The average Bonchev–Trinajstić information content (AvgIpc) is 2.49. The van der Waals surface area contributed by atoms with Crippen LogP contribution in [0.15, 0.2) is 24.3 Å². The fourth-order valence-corrected chi connectivity index (χ4v) is 2.19. The summed E-state index contributed by atoms with van der Waals surface area (Å²) >= 11 is 0. The number of pyridine rings is 1. The van der Waals surface area contributed by atoms with Crippen LogP contribution in [0.2, 0.25) is 0 Å². The number of aliphatic hydroxyl groups excluding tert-OH is 1. The third-order valence-corrected chi connectivity index (χ3v) is 3.26. The molecule has 0 aliphatic carbocycles. The number of methoxy groups -OCH3 is 1. The molecule has 1 heterocycles. The summed E-state index contributed by atoms with van der Waals surface area (Å²) in [5.41, 5.74) is 2.15. The fraction of sp³-hybridized carbons (Fsp3) is 0.375. The second-order valence-electron chi connectivity index (χ2n) is 4.88. The van der Waals surface area contributed by atoms with Gasteiger partial charge in [0.25, 0.3) is 5.91 Å². The number of rotatable bonds is 6. The Morgan fingerprint density at radius 1 is 1.33 bits per heavy atom. The Bertz CT molecular complexity index is 641. The van der Waals surface area contributed by atoms with Gasteiger partial charge in [-0.05, 0) is 38.0 Å². The third-order valence-electron chi connectivity index (χ3n) is 3.26. The number of aryl methyl sites for hydroxylation is 1. The van der Waals surface area contributed by atoms with Gasteiger partial charge in [0.1, 0.15) is 5.75 Å². The maximum absolute atomic E-state index is 12.3. The molecule has 112 valence electrons. The Morgan fingerprint density at radius 3 is 2.86 bits per heavy atom. The van der Waals surface area contributed by atoms with Gasteiger partial charge in [0.15, 0.2) is 0 Å². The molecule has 0 spiro atoms. The normalized spacial score (nSPS) is 10.6. The summed E-state index contributed by atoms with van der Waals surface area (Å²) in [5, 5.41) is 12.4.